The molecule has 2 rings (SSSR count). The highest BCUT2D eigenvalue weighted by Gasteiger charge is 2.17. The van der Waals surface area contributed by atoms with E-state index < -0.39 is 10.0 Å². The summed E-state index contributed by atoms with van der Waals surface area (Å²) in [7, 11) is -1.75. The molecule has 1 aliphatic carbocycles. The quantitative estimate of drug-likeness (QED) is 0.831. The van der Waals surface area contributed by atoms with Crippen molar-refractivity contribution in [2.45, 2.75) is 37.0 Å². The summed E-state index contributed by atoms with van der Waals surface area (Å²) in [6, 6.07) is 4.78. The Kier molecular flexibility index (Phi) is 4.55. The highest BCUT2D eigenvalue weighted by molar-refractivity contribution is 7.89. The number of anilines is 2. The topological polar surface area (TPSA) is 89.4 Å². The Morgan fingerprint density at radius 1 is 1.20 bits per heavy atom. The summed E-state index contributed by atoms with van der Waals surface area (Å²) in [5.41, 5.74) is 7.00. The van der Waals surface area contributed by atoms with Crippen molar-refractivity contribution in [2.24, 2.45) is 11.1 Å². The van der Waals surface area contributed by atoms with Gasteiger partial charge in [-0.15, -0.1) is 0 Å². The van der Waals surface area contributed by atoms with Gasteiger partial charge in [0, 0.05) is 25.0 Å². The third-order valence-corrected chi connectivity index (χ3v) is 4.83. The molecule has 4 N–H and O–H groups in total. The fraction of sp³-hybridized carbons (Fsp3) is 0.571. The zero-order valence-corrected chi connectivity index (χ0v) is 12.7. The van der Waals surface area contributed by atoms with Crippen LogP contribution >= 0.6 is 0 Å². The van der Waals surface area contributed by atoms with Crippen molar-refractivity contribution in [3.05, 3.63) is 18.2 Å². The van der Waals surface area contributed by atoms with Crippen LogP contribution in [0.5, 0.6) is 0 Å². The molecule has 0 radical (unpaired) electrons. The lowest BCUT2D eigenvalue weighted by molar-refractivity contribution is 0.362. The maximum absolute atomic E-state index is 11.5. The highest BCUT2D eigenvalue weighted by atomic mass is 32.2. The lowest BCUT2D eigenvalue weighted by Crippen LogP contribution is -2.27. The van der Waals surface area contributed by atoms with Crippen LogP contribution in [0.3, 0.4) is 0 Å². The summed E-state index contributed by atoms with van der Waals surface area (Å²) in [6.07, 6.45) is 6.40. The molecular weight excluding hydrogens is 274 g/mol. The van der Waals surface area contributed by atoms with E-state index in [-0.39, 0.29) is 4.90 Å². The van der Waals surface area contributed by atoms with Gasteiger partial charge in [0.15, 0.2) is 0 Å². The predicted octanol–water partition coefficient (Wildman–Crippen LogP) is 1.93. The number of hydrogen-bond acceptors (Lipinski definition) is 4. The van der Waals surface area contributed by atoms with E-state index in [4.69, 9.17) is 10.9 Å². The van der Waals surface area contributed by atoms with Gasteiger partial charge in [0.1, 0.15) is 0 Å². The molecule has 1 aromatic carbocycles. The number of benzene rings is 1. The van der Waals surface area contributed by atoms with Crippen LogP contribution in [0, 0.1) is 5.92 Å². The van der Waals surface area contributed by atoms with Gasteiger partial charge in [-0.2, -0.15) is 0 Å². The SMILES string of the molecule is CN(CC1CCCCC1)c1cc(N)cc(S(N)(=O)=O)c1. The minimum absolute atomic E-state index is 0.0722. The van der Waals surface area contributed by atoms with Crippen molar-refractivity contribution < 1.29 is 8.42 Å². The first-order valence-corrected chi connectivity index (χ1v) is 8.55. The summed E-state index contributed by atoms with van der Waals surface area (Å²) in [5.74, 6) is 0.674. The predicted molar refractivity (Wildman–Crippen MR) is 82.1 cm³/mol. The standard InChI is InChI=1S/C14H23N3O2S/c1-17(10-11-5-3-2-4-6-11)13-7-12(15)8-14(9-13)20(16,18)19/h7-9,11H,2-6,10,15H2,1H3,(H2,16,18,19). The monoisotopic (exact) mass is 297 g/mol. The minimum Gasteiger partial charge on any atom is -0.399 e. The summed E-state index contributed by atoms with van der Waals surface area (Å²) in [5, 5.41) is 5.18. The Bertz CT molecular complexity index is 566. The van der Waals surface area contributed by atoms with Gasteiger partial charge in [0.05, 0.1) is 4.90 Å². The van der Waals surface area contributed by atoms with E-state index >= 15 is 0 Å². The minimum atomic E-state index is -3.72. The van der Waals surface area contributed by atoms with E-state index in [1.54, 1.807) is 12.1 Å². The van der Waals surface area contributed by atoms with Crippen molar-refractivity contribution in [1.82, 2.24) is 0 Å². The first kappa shape index (κ1) is 15.1. The maximum atomic E-state index is 11.5. The third kappa shape index (κ3) is 3.86. The average Bonchev–Trinajstić information content (AvgIpc) is 2.38. The molecule has 0 saturated heterocycles. The first-order chi connectivity index (χ1) is 9.36. The van der Waals surface area contributed by atoms with Gasteiger partial charge < -0.3 is 10.6 Å². The summed E-state index contributed by atoms with van der Waals surface area (Å²) in [6.45, 7) is 0.924. The van der Waals surface area contributed by atoms with E-state index in [0.717, 1.165) is 12.2 Å². The lowest BCUT2D eigenvalue weighted by atomic mass is 9.89. The van der Waals surface area contributed by atoms with Crippen molar-refractivity contribution in [2.75, 3.05) is 24.2 Å². The van der Waals surface area contributed by atoms with Crippen molar-refractivity contribution in [1.29, 1.82) is 0 Å². The second kappa shape index (κ2) is 6.01. The molecule has 1 fully saturated rings. The van der Waals surface area contributed by atoms with Crippen LogP contribution in [-0.4, -0.2) is 22.0 Å². The molecule has 1 saturated carbocycles. The number of sulfonamides is 1. The molecule has 0 heterocycles. The second-order valence-corrected chi connectivity index (χ2v) is 7.25. The Balaban J connectivity index is 2.16. The molecule has 0 spiro atoms. The zero-order chi connectivity index (χ0) is 14.8. The number of nitrogens with zero attached hydrogens (tertiary/aromatic N) is 1. The summed E-state index contributed by atoms with van der Waals surface area (Å²) < 4.78 is 22.9. The molecule has 0 aromatic heterocycles. The zero-order valence-electron chi connectivity index (χ0n) is 11.9. The Labute approximate surface area is 121 Å². The van der Waals surface area contributed by atoms with Crippen LogP contribution in [-0.2, 0) is 10.0 Å². The van der Waals surface area contributed by atoms with Gasteiger partial charge in [0.25, 0.3) is 0 Å². The second-order valence-electron chi connectivity index (χ2n) is 5.69. The van der Waals surface area contributed by atoms with Crippen LogP contribution < -0.4 is 15.8 Å². The van der Waals surface area contributed by atoms with E-state index in [1.165, 1.54) is 38.2 Å². The molecule has 1 aliphatic rings. The number of nitrogen functional groups attached to an aromatic ring is 1. The number of primary sulfonamides is 1. The van der Waals surface area contributed by atoms with Crippen LogP contribution in [0.4, 0.5) is 11.4 Å². The molecule has 0 bridgehead atoms. The molecule has 6 heteroatoms. The molecule has 1 aromatic rings. The molecule has 0 aliphatic heterocycles. The van der Waals surface area contributed by atoms with Crippen molar-refractivity contribution in [3.63, 3.8) is 0 Å². The van der Waals surface area contributed by atoms with E-state index in [9.17, 15) is 8.42 Å². The first-order valence-electron chi connectivity index (χ1n) is 7.01. The van der Waals surface area contributed by atoms with Gasteiger partial charge in [0.2, 0.25) is 10.0 Å². The molecule has 112 valence electrons. The smallest absolute Gasteiger partial charge is 0.238 e. The number of nitrogens with two attached hydrogens (primary N) is 2. The van der Waals surface area contributed by atoms with Crippen LogP contribution in [0.15, 0.2) is 23.1 Å². The van der Waals surface area contributed by atoms with Crippen molar-refractivity contribution in [3.8, 4) is 0 Å². The van der Waals surface area contributed by atoms with E-state index in [0.29, 0.717) is 11.6 Å². The van der Waals surface area contributed by atoms with Gasteiger partial charge in [-0.3, -0.25) is 0 Å². The summed E-state index contributed by atoms with van der Waals surface area (Å²) in [4.78, 5) is 2.14. The van der Waals surface area contributed by atoms with E-state index in [1.807, 2.05) is 7.05 Å². The fourth-order valence-electron chi connectivity index (χ4n) is 2.85. The van der Waals surface area contributed by atoms with Gasteiger partial charge in [-0.05, 0) is 37.0 Å². The molecule has 0 unspecified atom stereocenters. The fourth-order valence-corrected chi connectivity index (χ4v) is 3.44. The molecule has 0 amide bonds. The van der Waals surface area contributed by atoms with Crippen molar-refractivity contribution >= 4 is 21.4 Å². The Morgan fingerprint density at radius 2 is 1.85 bits per heavy atom. The molecule has 5 nitrogen and oxygen atoms in total. The molecular formula is C14H23N3O2S. The normalized spacial score (nSPS) is 17.1. The number of hydrogen-bond donors (Lipinski definition) is 2. The van der Waals surface area contributed by atoms with Gasteiger partial charge >= 0.3 is 0 Å². The highest BCUT2D eigenvalue weighted by Crippen LogP contribution is 2.27. The third-order valence-electron chi connectivity index (χ3n) is 3.94. The summed E-state index contributed by atoms with van der Waals surface area (Å²) >= 11 is 0. The average molecular weight is 297 g/mol. The maximum Gasteiger partial charge on any atom is 0.238 e. The lowest BCUT2D eigenvalue weighted by Gasteiger charge is -2.28. The van der Waals surface area contributed by atoms with Gasteiger partial charge in [-0.25, -0.2) is 13.6 Å². The number of rotatable bonds is 4. The van der Waals surface area contributed by atoms with E-state index in [2.05, 4.69) is 4.90 Å². The largest absolute Gasteiger partial charge is 0.399 e. The van der Waals surface area contributed by atoms with Crippen LogP contribution in [0.25, 0.3) is 0 Å². The molecule has 20 heavy (non-hydrogen) atoms. The van der Waals surface area contributed by atoms with Crippen LogP contribution in [0.2, 0.25) is 0 Å². The van der Waals surface area contributed by atoms with Crippen LogP contribution in [0.1, 0.15) is 32.1 Å². The van der Waals surface area contributed by atoms with Gasteiger partial charge in [-0.1, -0.05) is 19.3 Å². The Morgan fingerprint density at radius 3 is 2.45 bits per heavy atom. The Hall–Kier alpha value is -1.27. The molecule has 0 atom stereocenters.